The molecule has 1 aliphatic rings. The minimum atomic E-state index is -0.386. The molecule has 1 heterocycles. The van der Waals surface area contributed by atoms with Crippen molar-refractivity contribution >= 4 is 5.91 Å². The van der Waals surface area contributed by atoms with E-state index in [0.29, 0.717) is 13.1 Å². The maximum atomic E-state index is 13.2. The van der Waals surface area contributed by atoms with Gasteiger partial charge in [-0.2, -0.15) is 0 Å². The van der Waals surface area contributed by atoms with Crippen molar-refractivity contribution < 1.29 is 9.53 Å². The van der Waals surface area contributed by atoms with Crippen molar-refractivity contribution in [2.45, 2.75) is 44.6 Å². The molecule has 4 heteroatoms. The van der Waals surface area contributed by atoms with Crippen LogP contribution in [0.4, 0.5) is 0 Å². The third kappa shape index (κ3) is 4.27. The summed E-state index contributed by atoms with van der Waals surface area (Å²) in [6.07, 6.45) is 1.21. The SMILES string of the molecule is CC(c1ccccc1)N(Cc1ccccc1)C(=O)[C@@H]1CC[C@H](CN)O1. The molecule has 1 saturated heterocycles. The van der Waals surface area contributed by atoms with E-state index in [1.54, 1.807) is 0 Å². The molecular weight excluding hydrogens is 312 g/mol. The smallest absolute Gasteiger partial charge is 0.252 e. The number of hydrogen-bond donors (Lipinski definition) is 1. The normalized spacial score (nSPS) is 21.0. The van der Waals surface area contributed by atoms with Crippen LogP contribution in [0.3, 0.4) is 0 Å². The average Bonchev–Trinajstić information content (AvgIpc) is 3.16. The number of ether oxygens (including phenoxy) is 1. The summed E-state index contributed by atoms with van der Waals surface area (Å²) >= 11 is 0. The molecule has 2 N–H and O–H groups in total. The number of amides is 1. The summed E-state index contributed by atoms with van der Waals surface area (Å²) in [4.78, 5) is 15.1. The van der Waals surface area contributed by atoms with Crippen LogP contribution in [-0.2, 0) is 16.1 Å². The van der Waals surface area contributed by atoms with Gasteiger partial charge in [-0.25, -0.2) is 0 Å². The van der Waals surface area contributed by atoms with Crippen molar-refractivity contribution in [3.05, 3.63) is 71.8 Å². The number of nitrogens with zero attached hydrogens (tertiary/aromatic N) is 1. The second-order valence-corrected chi connectivity index (χ2v) is 6.60. The first kappa shape index (κ1) is 17.6. The minimum absolute atomic E-state index is 0.000410. The molecule has 0 bridgehead atoms. The zero-order valence-corrected chi connectivity index (χ0v) is 14.7. The van der Waals surface area contributed by atoms with Crippen molar-refractivity contribution in [1.29, 1.82) is 0 Å². The van der Waals surface area contributed by atoms with Gasteiger partial charge in [-0.05, 0) is 30.9 Å². The Morgan fingerprint density at radius 1 is 1.12 bits per heavy atom. The lowest BCUT2D eigenvalue weighted by molar-refractivity contribution is -0.145. The fourth-order valence-corrected chi connectivity index (χ4v) is 3.34. The minimum Gasteiger partial charge on any atom is -0.364 e. The van der Waals surface area contributed by atoms with E-state index in [4.69, 9.17) is 10.5 Å². The van der Waals surface area contributed by atoms with Gasteiger partial charge in [0.2, 0.25) is 0 Å². The molecular formula is C21H26N2O2. The van der Waals surface area contributed by atoms with E-state index in [1.807, 2.05) is 41.3 Å². The van der Waals surface area contributed by atoms with Crippen LogP contribution in [-0.4, -0.2) is 29.6 Å². The van der Waals surface area contributed by atoms with Gasteiger partial charge in [0, 0.05) is 13.1 Å². The second-order valence-electron chi connectivity index (χ2n) is 6.60. The van der Waals surface area contributed by atoms with Gasteiger partial charge >= 0.3 is 0 Å². The lowest BCUT2D eigenvalue weighted by Gasteiger charge is -2.32. The molecule has 4 nitrogen and oxygen atoms in total. The Bertz CT molecular complexity index is 675. The second kappa shape index (κ2) is 8.28. The van der Waals surface area contributed by atoms with E-state index in [9.17, 15) is 4.79 Å². The first-order chi connectivity index (χ1) is 12.2. The highest BCUT2D eigenvalue weighted by atomic mass is 16.5. The van der Waals surface area contributed by atoms with E-state index in [1.165, 1.54) is 0 Å². The maximum Gasteiger partial charge on any atom is 0.252 e. The standard InChI is InChI=1S/C21H26N2O2/c1-16(18-10-6-3-7-11-18)23(15-17-8-4-2-5-9-17)21(24)20-13-12-19(14-22)25-20/h2-11,16,19-20H,12-15,22H2,1H3/t16?,19-,20+/m1/s1. The monoisotopic (exact) mass is 338 g/mol. The molecule has 3 rings (SSSR count). The van der Waals surface area contributed by atoms with Gasteiger partial charge in [0.15, 0.2) is 0 Å². The predicted molar refractivity (Wildman–Crippen MR) is 98.8 cm³/mol. The summed E-state index contributed by atoms with van der Waals surface area (Å²) in [5.41, 5.74) is 7.94. The van der Waals surface area contributed by atoms with Crippen molar-refractivity contribution in [3.8, 4) is 0 Å². The molecule has 0 saturated carbocycles. The van der Waals surface area contributed by atoms with Crippen LogP contribution in [0, 0.1) is 0 Å². The molecule has 25 heavy (non-hydrogen) atoms. The molecule has 1 aliphatic heterocycles. The number of rotatable bonds is 6. The van der Waals surface area contributed by atoms with Crippen LogP contribution >= 0.6 is 0 Å². The fourth-order valence-electron chi connectivity index (χ4n) is 3.34. The number of nitrogens with two attached hydrogens (primary N) is 1. The Hall–Kier alpha value is -2.17. The highest BCUT2D eigenvalue weighted by molar-refractivity contribution is 5.81. The van der Waals surface area contributed by atoms with E-state index in [0.717, 1.165) is 24.0 Å². The van der Waals surface area contributed by atoms with Gasteiger partial charge in [0.25, 0.3) is 5.91 Å². The Morgan fingerprint density at radius 3 is 2.36 bits per heavy atom. The predicted octanol–water partition coefficient (Wildman–Crippen LogP) is 3.28. The summed E-state index contributed by atoms with van der Waals surface area (Å²) in [6, 6.07) is 20.2. The Labute approximate surface area is 149 Å². The first-order valence-corrected chi connectivity index (χ1v) is 8.94. The lowest BCUT2D eigenvalue weighted by Crippen LogP contribution is -2.40. The average molecular weight is 338 g/mol. The molecule has 1 unspecified atom stereocenters. The van der Waals surface area contributed by atoms with Crippen molar-refractivity contribution in [1.82, 2.24) is 4.90 Å². The highest BCUT2D eigenvalue weighted by Crippen LogP contribution is 2.27. The van der Waals surface area contributed by atoms with Gasteiger partial charge in [0.05, 0.1) is 12.1 Å². The molecule has 132 valence electrons. The molecule has 2 aromatic rings. The maximum absolute atomic E-state index is 13.2. The van der Waals surface area contributed by atoms with Gasteiger partial charge in [-0.15, -0.1) is 0 Å². The van der Waals surface area contributed by atoms with Crippen LogP contribution in [0.25, 0.3) is 0 Å². The molecule has 0 radical (unpaired) electrons. The Kier molecular flexibility index (Phi) is 5.84. The summed E-state index contributed by atoms with van der Waals surface area (Å²) in [7, 11) is 0. The summed E-state index contributed by atoms with van der Waals surface area (Å²) in [5, 5.41) is 0. The first-order valence-electron chi connectivity index (χ1n) is 8.94. The Balaban J connectivity index is 1.82. The zero-order valence-electron chi connectivity index (χ0n) is 14.7. The van der Waals surface area contributed by atoms with Gasteiger partial charge in [-0.3, -0.25) is 4.79 Å². The summed E-state index contributed by atoms with van der Waals surface area (Å²) in [6.45, 7) is 3.12. The number of hydrogen-bond acceptors (Lipinski definition) is 3. The third-order valence-corrected chi connectivity index (χ3v) is 4.87. The highest BCUT2D eigenvalue weighted by Gasteiger charge is 2.34. The number of carbonyl (C=O) groups excluding carboxylic acids is 1. The molecule has 1 fully saturated rings. The van der Waals surface area contributed by atoms with E-state index in [-0.39, 0.29) is 24.2 Å². The molecule has 2 aromatic carbocycles. The van der Waals surface area contributed by atoms with Crippen LogP contribution < -0.4 is 5.73 Å². The fraction of sp³-hybridized carbons (Fsp3) is 0.381. The number of benzene rings is 2. The lowest BCUT2D eigenvalue weighted by atomic mass is 10.0. The van der Waals surface area contributed by atoms with Gasteiger partial charge < -0.3 is 15.4 Å². The molecule has 0 spiro atoms. The van der Waals surface area contributed by atoms with Crippen LogP contribution in [0.5, 0.6) is 0 Å². The quantitative estimate of drug-likeness (QED) is 0.879. The molecule has 1 amide bonds. The van der Waals surface area contributed by atoms with Crippen LogP contribution in [0.2, 0.25) is 0 Å². The summed E-state index contributed by atoms with van der Waals surface area (Å²) in [5.74, 6) is 0.0520. The van der Waals surface area contributed by atoms with Crippen molar-refractivity contribution in [2.75, 3.05) is 6.54 Å². The molecule has 0 aromatic heterocycles. The van der Waals surface area contributed by atoms with E-state index < -0.39 is 0 Å². The largest absolute Gasteiger partial charge is 0.364 e. The van der Waals surface area contributed by atoms with Gasteiger partial charge in [-0.1, -0.05) is 60.7 Å². The number of carbonyl (C=O) groups is 1. The van der Waals surface area contributed by atoms with Crippen molar-refractivity contribution in [3.63, 3.8) is 0 Å². The van der Waals surface area contributed by atoms with E-state index in [2.05, 4.69) is 31.2 Å². The third-order valence-electron chi connectivity index (χ3n) is 4.87. The molecule has 0 aliphatic carbocycles. The summed E-state index contributed by atoms with van der Waals surface area (Å²) < 4.78 is 5.86. The van der Waals surface area contributed by atoms with Gasteiger partial charge in [0.1, 0.15) is 6.10 Å². The molecule has 3 atom stereocenters. The van der Waals surface area contributed by atoms with Crippen LogP contribution in [0.15, 0.2) is 60.7 Å². The Morgan fingerprint density at radius 2 is 1.76 bits per heavy atom. The van der Waals surface area contributed by atoms with Crippen LogP contribution in [0.1, 0.15) is 36.9 Å². The topological polar surface area (TPSA) is 55.6 Å². The zero-order chi connectivity index (χ0) is 17.6. The van der Waals surface area contributed by atoms with Crippen molar-refractivity contribution in [2.24, 2.45) is 5.73 Å². The van der Waals surface area contributed by atoms with E-state index >= 15 is 0 Å².